The van der Waals surface area contributed by atoms with Crippen LogP contribution < -0.4 is 0 Å². The Labute approximate surface area is 102 Å². The van der Waals surface area contributed by atoms with E-state index in [-0.39, 0.29) is 6.42 Å². The molecule has 0 aliphatic carbocycles. The van der Waals surface area contributed by atoms with Gasteiger partial charge in [0.1, 0.15) is 0 Å². The Kier molecular flexibility index (Phi) is 3.29. The monoisotopic (exact) mass is 281 g/mol. The summed E-state index contributed by atoms with van der Waals surface area (Å²) in [5.41, 5.74) is 1.14. The number of nitrogens with zero attached hydrogens (tertiary/aromatic N) is 1. The molecule has 4 heteroatoms. The molecular weight excluding hydrogens is 270 g/mol. The van der Waals surface area contributed by atoms with Crippen molar-refractivity contribution in [1.82, 2.24) is 4.57 Å². The molecule has 0 amide bonds. The molecule has 0 atom stereocenters. The van der Waals surface area contributed by atoms with Gasteiger partial charge in [0.25, 0.3) is 0 Å². The number of aliphatic carboxylic acids is 1. The molecular formula is C12H12BrNO2. The van der Waals surface area contributed by atoms with Gasteiger partial charge in [-0.3, -0.25) is 4.79 Å². The third-order valence-corrected chi connectivity index (χ3v) is 3.02. The van der Waals surface area contributed by atoms with Crippen molar-refractivity contribution in [3.05, 3.63) is 34.9 Å². The molecule has 2 rings (SSSR count). The van der Waals surface area contributed by atoms with E-state index in [0.29, 0.717) is 6.42 Å². The van der Waals surface area contributed by atoms with Crippen LogP contribution in [0.2, 0.25) is 0 Å². The Bertz CT molecular complexity index is 519. The van der Waals surface area contributed by atoms with E-state index in [4.69, 9.17) is 5.11 Å². The van der Waals surface area contributed by atoms with Gasteiger partial charge in [0.2, 0.25) is 0 Å². The van der Waals surface area contributed by atoms with E-state index < -0.39 is 5.97 Å². The molecule has 0 bridgehead atoms. The van der Waals surface area contributed by atoms with E-state index >= 15 is 0 Å². The van der Waals surface area contributed by atoms with Crippen LogP contribution in [0.15, 0.2) is 34.9 Å². The van der Waals surface area contributed by atoms with Gasteiger partial charge >= 0.3 is 5.97 Å². The summed E-state index contributed by atoms with van der Waals surface area (Å²) in [6, 6.07) is 8.15. The lowest BCUT2D eigenvalue weighted by Crippen LogP contribution is -2.00. The minimum absolute atomic E-state index is 0.216. The zero-order valence-electron chi connectivity index (χ0n) is 8.69. The number of carboxylic acids is 1. The molecule has 84 valence electrons. The van der Waals surface area contributed by atoms with E-state index in [0.717, 1.165) is 16.5 Å². The maximum Gasteiger partial charge on any atom is 0.303 e. The number of benzene rings is 1. The average molecular weight is 282 g/mol. The number of halogens is 1. The molecule has 1 heterocycles. The lowest BCUT2D eigenvalue weighted by molar-refractivity contribution is -0.137. The molecule has 0 saturated heterocycles. The first kappa shape index (κ1) is 11.2. The molecule has 1 aromatic heterocycles. The quantitative estimate of drug-likeness (QED) is 0.935. The molecule has 1 aromatic carbocycles. The normalized spacial score (nSPS) is 10.8. The molecule has 0 unspecified atom stereocenters. The molecule has 0 spiro atoms. The van der Waals surface area contributed by atoms with Crippen molar-refractivity contribution < 1.29 is 9.90 Å². The summed E-state index contributed by atoms with van der Waals surface area (Å²) in [5, 5.41) is 9.76. The zero-order chi connectivity index (χ0) is 11.5. The van der Waals surface area contributed by atoms with Gasteiger partial charge in [-0.2, -0.15) is 0 Å². The van der Waals surface area contributed by atoms with Crippen LogP contribution in [0.5, 0.6) is 0 Å². The predicted molar refractivity (Wildman–Crippen MR) is 66.5 cm³/mol. The van der Waals surface area contributed by atoms with Crippen LogP contribution in [0, 0.1) is 0 Å². The van der Waals surface area contributed by atoms with Crippen molar-refractivity contribution in [2.45, 2.75) is 19.4 Å². The highest BCUT2D eigenvalue weighted by molar-refractivity contribution is 9.10. The van der Waals surface area contributed by atoms with Gasteiger partial charge in [-0.25, -0.2) is 0 Å². The third-order valence-electron chi connectivity index (χ3n) is 2.53. The van der Waals surface area contributed by atoms with Gasteiger partial charge < -0.3 is 9.67 Å². The lowest BCUT2D eigenvalue weighted by atomic mass is 10.2. The zero-order valence-corrected chi connectivity index (χ0v) is 10.3. The number of fused-ring (bicyclic) bond motifs is 1. The summed E-state index contributed by atoms with van der Waals surface area (Å²) in [6.07, 6.45) is 2.87. The van der Waals surface area contributed by atoms with Gasteiger partial charge in [0.05, 0.1) is 0 Å². The third kappa shape index (κ3) is 2.44. The number of hydrogen-bond donors (Lipinski definition) is 1. The fourth-order valence-corrected chi connectivity index (χ4v) is 2.10. The van der Waals surface area contributed by atoms with Crippen LogP contribution in [0.25, 0.3) is 10.9 Å². The summed E-state index contributed by atoms with van der Waals surface area (Å²) >= 11 is 3.44. The van der Waals surface area contributed by atoms with E-state index in [1.54, 1.807) is 0 Å². The van der Waals surface area contributed by atoms with Gasteiger partial charge in [-0.05, 0) is 30.0 Å². The number of carbonyl (C=O) groups is 1. The second kappa shape index (κ2) is 4.70. The van der Waals surface area contributed by atoms with Gasteiger partial charge in [-0.15, -0.1) is 0 Å². The van der Waals surface area contributed by atoms with Crippen molar-refractivity contribution in [1.29, 1.82) is 0 Å². The van der Waals surface area contributed by atoms with Gasteiger partial charge in [0.15, 0.2) is 0 Å². The summed E-state index contributed by atoms with van der Waals surface area (Å²) in [7, 11) is 0. The lowest BCUT2D eigenvalue weighted by Gasteiger charge is -2.04. The summed E-state index contributed by atoms with van der Waals surface area (Å²) in [4.78, 5) is 10.4. The molecule has 16 heavy (non-hydrogen) atoms. The van der Waals surface area contributed by atoms with Gasteiger partial charge in [0, 0.05) is 29.2 Å². The van der Waals surface area contributed by atoms with Crippen LogP contribution >= 0.6 is 15.9 Å². The molecule has 0 fully saturated rings. The summed E-state index contributed by atoms with van der Waals surface area (Å²) in [6.45, 7) is 0.742. The Morgan fingerprint density at radius 3 is 2.94 bits per heavy atom. The second-order valence-corrected chi connectivity index (χ2v) is 4.63. The Morgan fingerprint density at radius 2 is 2.19 bits per heavy atom. The second-order valence-electron chi connectivity index (χ2n) is 3.71. The molecule has 0 saturated carbocycles. The fraction of sp³-hybridized carbons (Fsp3) is 0.250. The standard InChI is InChI=1S/C12H12BrNO2/c13-10-4-3-9-5-7-14(11(9)8-10)6-1-2-12(15)16/h3-5,7-8H,1-2,6H2,(H,15,16). The van der Waals surface area contributed by atoms with Crippen LogP contribution in [0.3, 0.4) is 0 Å². The van der Waals surface area contributed by atoms with E-state index in [1.807, 2.05) is 24.4 Å². The van der Waals surface area contributed by atoms with Crippen LogP contribution in [0.1, 0.15) is 12.8 Å². The predicted octanol–water partition coefficient (Wildman–Crippen LogP) is 3.27. The van der Waals surface area contributed by atoms with E-state index in [9.17, 15) is 4.79 Å². The van der Waals surface area contributed by atoms with Crippen molar-refractivity contribution in [3.8, 4) is 0 Å². The Morgan fingerprint density at radius 1 is 1.38 bits per heavy atom. The number of rotatable bonds is 4. The maximum absolute atomic E-state index is 10.4. The Balaban J connectivity index is 2.17. The van der Waals surface area contributed by atoms with Crippen LogP contribution in [-0.2, 0) is 11.3 Å². The smallest absolute Gasteiger partial charge is 0.303 e. The molecule has 0 aliphatic heterocycles. The first-order chi connectivity index (χ1) is 7.66. The maximum atomic E-state index is 10.4. The van der Waals surface area contributed by atoms with Crippen LogP contribution in [0.4, 0.5) is 0 Å². The van der Waals surface area contributed by atoms with Crippen molar-refractivity contribution in [3.63, 3.8) is 0 Å². The summed E-state index contributed by atoms with van der Waals surface area (Å²) < 4.78 is 3.13. The molecule has 2 aromatic rings. The first-order valence-electron chi connectivity index (χ1n) is 5.13. The fourth-order valence-electron chi connectivity index (χ4n) is 1.75. The number of aromatic nitrogens is 1. The highest BCUT2D eigenvalue weighted by Gasteiger charge is 2.02. The highest BCUT2D eigenvalue weighted by Crippen LogP contribution is 2.21. The minimum atomic E-state index is -0.738. The topological polar surface area (TPSA) is 42.2 Å². The van der Waals surface area contributed by atoms with Crippen LogP contribution in [-0.4, -0.2) is 15.6 Å². The molecule has 3 nitrogen and oxygen atoms in total. The molecule has 0 radical (unpaired) electrons. The van der Waals surface area contributed by atoms with Gasteiger partial charge in [-0.1, -0.05) is 22.0 Å². The average Bonchev–Trinajstić information content (AvgIpc) is 2.60. The largest absolute Gasteiger partial charge is 0.481 e. The van der Waals surface area contributed by atoms with E-state index in [2.05, 4.69) is 26.6 Å². The number of carboxylic acid groups (broad SMARTS) is 1. The number of hydrogen-bond acceptors (Lipinski definition) is 1. The highest BCUT2D eigenvalue weighted by atomic mass is 79.9. The summed E-state index contributed by atoms with van der Waals surface area (Å²) in [5.74, 6) is -0.738. The Hall–Kier alpha value is -1.29. The molecule has 1 N–H and O–H groups in total. The minimum Gasteiger partial charge on any atom is -0.481 e. The molecule has 0 aliphatic rings. The SMILES string of the molecule is O=C(O)CCCn1ccc2ccc(Br)cc21. The first-order valence-corrected chi connectivity index (χ1v) is 5.92. The number of aryl methyl sites for hydroxylation is 1. The van der Waals surface area contributed by atoms with Crippen molar-refractivity contribution >= 4 is 32.8 Å². The van der Waals surface area contributed by atoms with Crippen molar-refractivity contribution in [2.24, 2.45) is 0 Å². The van der Waals surface area contributed by atoms with Crippen molar-refractivity contribution in [2.75, 3.05) is 0 Å². The van der Waals surface area contributed by atoms with E-state index in [1.165, 1.54) is 5.39 Å².